The molecule has 1 amide bonds. The minimum absolute atomic E-state index is 0.179. The maximum Gasteiger partial charge on any atom is 0.254 e. The molecule has 0 saturated carbocycles. The molecule has 0 bridgehead atoms. The van der Waals surface area contributed by atoms with Crippen LogP contribution < -0.4 is 5.32 Å². The summed E-state index contributed by atoms with van der Waals surface area (Å²) in [4.78, 5) is 16.7. The fraction of sp³-hybridized carbons (Fsp3) is 0.111. The zero-order valence-electron chi connectivity index (χ0n) is 12.7. The van der Waals surface area contributed by atoms with Gasteiger partial charge in [0.05, 0.1) is 18.4 Å². The molecule has 0 saturated heterocycles. The molecule has 0 atom stereocenters. The molecule has 0 aliphatic heterocycles. The third-order valence-electron chi connectivity index (χ3n) is 3.34. The van der Waals surface area contributed by atoms with Crippen LogP contribution in [0.3, 0.4) is 0 Å². The van der Waals surface area contributed by atoms with E-state index in [-0.39, 0.29) is 5.91 Å². The molecule has 0 unspecified atom stereocenters. The van der Waals surface area contributed by atoms with Crippen molar-refractivity contribution in [3.8, 4) is 0 Å². The quantitative estimate of drug-likeness (QED) is 0.657. The number of carbonyl (C=O) groups is 1. The predicted octanol–water partition coefficient (Wildman–Crippen LogP) is 4.55. The van der Waals surface area contributed by atoms with Crippen LogP contribution in [-0.4, -0.2) is 10.9 Å². The van der Waals surface area contributed by atoms with Crippen molar-refractivity contribution in [3.05, 3.63) is 82.9 Å². The number of pyridine rings is 1. The number of furan rings is 1. The van der Waals surface area contributed by atoms with Crippen molar-refractivity contribution in [3.63, 3.8) is 0 Å². The average Bonchev–Trinajstić information content (AvgIpc) is 3.13. The normalized spacial score (nSPS) is 10.5. The number of benzene rings is 1. The maximum absolute atomic E-state index is 12.4. The second kappa shape index (κ2) is 8.04. The van der Waals surface area contributed by atoms with Crippen molar-refractivity contribution in [1.82, 2.24) is 10.3 Å². The fourth-order valence-corrected chi connectivity index (χ4v) is 3.39. The van der Waals surface area contributed by atoms with Gasteiger partial charge in [0, 0.05) is 17.0 Å². The summed E-state index contributed by atoms with van der Waals surface area (Å²) in [6.45, 7) is 0.343. The Morgan fingerprint density at radius 3 is 2.83 bits per heavy atom. The highest BCUT2D eigenvalue weighted by Crippen LogP contribution is 2.27. The van der Waals surface area contributed by atoms with Gasteiger partial charge in [-0.25, -0.2) is 4.98 Å². The molecule has 2 heterocycles. The van der Waals surface area contributed by atoms with E-state index in [4.69, 9.17) is 16.0 Å². The molecule has 1 N–H and O–H groups in total. The molecule has 3 rings (SSSR count). The summed E-state index contributed by atoms with van der Waals surface area (Å²) in [6.07, 6.45) is 3.26. The highest BCUT2D eigenvalue weighted by molar-refractivity contribution is 7.98. The molecule has 0 aliphatic carbocycles. The number of thioether (sulfide) groups is 1. The van der Waals surface area contributed by atoms with Crippen LogP contribution in [0.25, 0.3) is 0 Å². The predicted molar refractivity (Wildman–Crippen MR) is 95.1 cm³/mol. The summed E-state index contributed by atoms with van der Waals surface area (Å²) in [6, 6.07) is 14.8. The average molecular weight is 359 g/mol. The van der Waals surface area contributed by atoms with Gasteiger partial charge in [-0.05, 0) is 35.9 Å². The third-order valence-corrected chi connectivity index (χ3v) is 4.76. The Labute approximate surface area is 149 Å². The lowest BCUT2D eigenvalue weighted by Gasteiger charge is -2.09. The molecule has 6 heteroatoms. The van der Waals surface area contributed by atoms with Crippen LogP contribution in [-0.2, 0) is 12.3 Å². The number of hydrogen-bond donors (Lipinski definition) is 1. The molecule has 24 heavy (non-hydrogen) atoms. The number of amides is 1. The fourth-order valence-electron chi connectivity index (χ4n) is 2.12. The Bertz CT molecular complexity index is 821. The van der Waals surface area contributed by atoms with E-state index in [1.807, 2.05) is 30.3 Å². The van der Waals surface area contributed by atoms with Gasteiger partial charge in [-0.3, -0.25) is 4.79 Å². The summed E-state index contributed by atoms with van der Waals surface area (Å²) in [5.74, 6) is 1.17. The lowest BCUT2D eigenvalue weighted by molar-refractivity contribution is 0.0944. The SMILES string of the molecule is O=C(NCc1ccco1)c1cccnc1SCc1ccccc1Cl. The first-order chi connectivity index (χ1) is 11.7. The molecule has 1 aromatic carbocycles. The van der Waals surface area contributed by atoms with Crippen LogP contribution in [0.1, 0.15) is 21.7 Å². The zero-order chi connectivity index (χ0) is 16.8. The number of carbonyl (C=O) groups excluding carboxylic acids is 1. The number of nitrogens with zero attached hydrogens (tertiary/aromatic N) is 1. The first-order valence-electron chi connectivity index (χ1n) is 7.36. The molecule has 0 radical (unpaired) electrons. The van der Waals surface area contributed by atoms with E-state index in [1.165, 1.54) is 11.8 Å². The van der Waals surface area contributed by atoms with E-state index < -0.39 is 0 Å². The maximum atomic E-state index is 12.4. The van der Waals surface area contributed by atoms with Crippen molar-refractivity contribution >= 4 is 29.3 Å². The number of aromatic nitrogens is 1. The molecule has 0 fully saturated rings. The number of nitrogens with one attached hydrogen (secondary N) is 1. The highest BCUT2D eigenvalue weighted by Gasteiger charge is 2.13. The van der Waals surface area contributed by atoms with Gasteiger partial charge in [0.25, 0.3) is 5.91 Å². The van der Waals surface area contributed by atoms with Gasteiger partial charge >= 0.3 is 0 Å². The largest absolute Gasteiger partial charge is 0.467 e. The molecule has 3 aromatic rings. The first-order valence-corrected chi connectivity index (χ1v) is 8.72. The number of hydrogen-bond acceptors (Lipinski definition) is 4. The van der Waals surface area contributed by atoms with Gasteiger partial charge in [0.15, 0.2) is 0 Å². The van der Waals surface area contributed by atoms with Gasteiger partial charge in [-0.15, -0.1) is 11.8 Å². The summed E-state index contributed by atoms with van der Waals surface area (Å²) in [5, 5.41) is 4.23. The summed E-state index contributed by atoms with van der Waals surface area (Å²) in [5.41, 5.74) is 1.55. The lowest BCUT2D eigenvalue weighted by atomic mass is 10.2. The van der Waals surface area contributed by atoms with Crippen molar-refractivity contribution in [1.29, 1.82) is 0 Å². The minimum Gasteiger partial charge on any atom is -0.467 e. The Hall–Kier alpha value is -2.24. The Kier molecular flexibility index (Phi) is 5.56. The van der Waals surface area contributed by atoms with E-state index in [0.29, 0.717) is 33.7 Å². The Morgan fingerprint density at radius 2 is 2.04 bits per heavy atom. The molecule has 0 spiro atoms. The second-order valence-electron chi connectivity index (χ2n) is 5.00. The second-order valence-corrected chi connectivity index (χ2v) is 6.37. The van der Waals surface area contributed by atoms with Crippen LogP contribution in [0.2, 0.25) is 5.02 Å². The first kappa shape index (κ1) is 16.6. The van der Waals surface area contributed by atoms with Gasteiger partial charge < -0.3 is 9.73 Å². The topological polar surface area (TPSA) is 55.1 Å². The van der Waals surface area contributed by atoms with Crippen LogP contribution in [0.15, 0.2) is 70.4 Å². The lowest BCUT2D eigenvalue weighted by Crippen LogP contribution is -2.23. The van der Waals surface area contributed by atoms with E-state index in [2.05, 4.69) is 10.3 Å². The van der Waals surface area contributed by atoms with Crippen LogP contribution in [0.5, 0.6) is 0 Å². The van der Waals surface area contributed by atoms with E-state index in [0.717, 1.165) is 5.56 Å². The summed E-state index contributed by atoms with van der Waals surface area (Å²) >= 11 is 7.66. The van der Waals surface area contributed by atoms with E-state index in [1.54, 1.807) is 30.7 Å². The monoisotopic (exact) mass is 358 g/mol. The zero-order valence-corrected chi connectivity index (χ0v) is 14.3. The van der Waals surface area contributed by atoms with Crippen molar-refractivity contribution in [2.45, 2.75) is 17.3 Å². The molecule has 0 aliphatic rings. The van der Waals surface area contributed by atoms with Gasteiger partial charge in [0.1, 0.15) is 10.8 Å². The van der Waals surface area contributed by atoms with Crippen molar-refractivity contribution in [2.24, 2.45) is 0 Å². The van der Waals surface area contributed by atoms with Crippen LogP contribution in [0.4, 0.5) is 0 Å². The Morgan fingerprint density at radius 1 is 1.17 bits per heavy atom. The molecule has 4 nitrogen and oxygen atoms in total. The molecule has 2 aromatic heterocycles. The molecular weight excluding hydrogens is 344 g/mol. The smallest absolute Gasteiger partial charge is 0.254 e. The standard InChI is InChI=1S/C18H15ClN2O2S/c19-16-8-2-1-5-13(16)12-24-18-15(7-3-9-20-18)17(22)21-11-14-6-4-10-23-14/h1-10H,11-12H2,(H,21,22). The Balaban J connectivity index is 1.68. The minimum atomic E-state index is -0.179. The van der Waals surface area contributed by atoms with Crippen LogP contribution >= 0.6 is 23.4 Å². The van der Waals surface area contributed by atoms with Crippen molar-refractivity contribution in [2.75, 3.05) is 0 Å². The summed E-state index contributed by atoms with van der Waals surface area (Å²) < 4.78 is 5.22. The van der Waals surface area contributed by atoms with Gasteiger partial charge in [0.2, 0.25) is 0 Å². The molecular formula is C18H15ClN2O2S. The van der Waals surface area contributed by atoms with E-state index in [9.17, 15) is 4.79 Å². The van der Waals surface area contributed by atoms with Crippen LogP contribution in [0, 0.1) is 0 Å². The van der Waals surface area contributed by atoms with E-state index >= 15 is 0 Å². The third kappa shape index (κ3) is 4.19. The van der Waals surface area contributed by atoms with Crippen molar-refractivity contribution < 1.29 is 9.21 Å². The molecule has 122 valence electrons. The summed E-state index contributed by atoms with van der Waals surface area (Å²) in [7, 11) is 0. The number of halogens is 1. The highest BCUT2D eigenvalue weighted by atomic mass is 35.5. The number of rotatable bonds is 6. The van der Waals surface area contributed by atoms with Gasteiger partial charge in [-0.2, -0.15) is 0 Å². The van der Waals surface area contributed by atoms with Gasteiger partial charge in [-0.1, -0.05) is 29.8 Å².